The van der Waals surface area contributed by atoms with E-state index in [-0.39, 0.29) is 0 Å². The van der Waals surface area contributed by atoms with E-state index in [9.17, 15) is 30.4 Å². The number of benzene rings is 2. The molecule has 0 atom stereocenters. The highest BCUT2D eigenvalue weighted by Gasteiger charge is 2.22. The number of phenolic OH excluding ortho intramolecular Hbond substituents is 2. The lowest BCUT2D eigenvalue weighted by atomic mass is 10.0. The van der Waals surface area contributed by atoms with Crippen molar-refractivity contribution < 1.29 is 20.1 Å². The standard InChI is InChI=1S/C42H26N8O6/c51-37-21-25(1-11-35(37)49(53)54)41-31-7-3-27(45-31)39(23-13-17-43-18-14-23)29-5-9-33(47-29)42(26-2-12-36(50(55)56)38(52)22-26)34-10-6-30(48-34)40(24-15-19-44-20-16-24)28-4-8-32(41)46-28/h1-22,45,48,51-52H. The maximum absolute atomic E-state index is 11.6. The van der Waals surface area contributed by atoms with E-state index in [1.807, 2.05) is 72.8 Å². The summed E-state index contributed by atoms with van der Waals surface area (Å²) in [7, 11) is 0. The predicted octanol–water partition coefficient (Wildman–Crippen LogP) is 9.34. The minimum atomic E-state index is -0.640. The molecule has 0 unspecified atom stereocenters. The Kier molecular flexibility index (Phi) is 7.97. The molecule has 7 heterocycles. The summed E-state index contributed by atoms with van der Waals surface area (Å²) in [5.41, 5.74) is 9.19. The van der Waals surface area contributed by atoms with Gasteiger partial charge in [-0.05, 0) is 119 Å². The van der Waals surface area contributed by atoms with Crippen molar-refractivity contribution in [3.63, 3.8) is 0 Å². The molecule has 2 aliphatic heterocycles. The van der Waals surface area contributed by atoms with Crippen LogP contribution in [0.4, 0.5) is 11.4 Å². The van der Waals surface area contributed by atoms with Gasteiger partial charge in [-0.2, -0.15) is 0 Å². The number of aromatic hydroxyl groups is 2. The van der Waals surface area contributed by atoms with Gasteiger partial charge in [0.25, 0.3) is 0 Å². The number of nitro benzene ring substituents is 2. The molecule has 0 radical (unpaired) electrons. The Morgan fingerprint density at radius 2 is 0.768 bits per heavy atom. The molecular weight excluding hydrogens is 713 g/mol. The summed E-state index contributed by atoms with van der Waals surface area (Å²) in [4.78, 5) is 47.8. The van der Waals surface area contributed by atoms with Crippen molar-refractivity contribution >= 4 is 57.7 Å². The van der Waals surface area contributed by atoms with Crippen LogP contribution in [0.3, 0.4) is 0 Å². The van der Waals surface area contributed by atoms with Crippen LogP contribution in [-0.4, -0.2) is 50.0 Å². The normalized spacial score (nSPS) is 11.9. The third-order valence-corrected chi connectivity index (χ3v) is 9.61. The van der Waals surface area contributed by atoms with Crippen LogP contribution in [0, 0.1) is 20.2 Å². The van der Waals surface area contributed by atoms with Gasteiger partial charge in [0.1, 0.15) is 0 Å². The number of nitro groups is 2. The van der Waals surface area contributed by atoms with Crippen LogP contribution in [-0.2, 0) is 0 Å². The number of hydrogen-bond acceptors (Lipinski definition) is 10. The van der Waals surface area contributed by atoms with Crippen LogP contribution < -0.4 is 0 Å². The van der Waals surface area contributed by atoms with Gasteiger partial charge in [-0.1, -0.05) is 0 Å². The highest BCUT2D eigenvalue weighted by molar-refractivity contribution is 6.00. The van der Waals surface area contributed by atoms with Gasteiger partial charge in [-0.15, -0.1) is 0 Å². The molecule has 2 aromatic carbocycles. The largest absolute Gasteiger partial charge is 0.502 e. The number of pyridine rings is 2. The molecule has 14 nitrogen and oxygen atoms in total. The molecule has 5 aromatic heterocycles. The SMILES string of the molecule is O=[N+]([O-])c1ccc(-c2c3nc(c(-c4ccncc4)c4ccc([nH]4)c(-c4ccc([N+](=O)[O-])c(O)c4)c4nc(c(-c5ccncc5)c5ccc2[nH]5)C=C4)C=C3)cc1O. The summed E-state index contributed by atoms with van der Waals surface area (Å²) in [5.74, 6) is -0.973. The van der Waals surface area contributed by atoms with Gasteiger partial charge in [0, 0.05) is 81.2 Å². The van der Waals surface area contributed by atoms with Gasteiger partial charge in [0.15, 0.2) is 11.5 Å². The lowest BCUT2D eigenvalue weighted by Crippen LogP contribution is -1.92. The number of fused-ring (bicyclic) bond motifs is 8. The van der Waals surface area contributed by atoms with E-state index in [1.54, 1.807) is 36.9 Å². The molecule has 56 heavy (non-hydrogen) atoms. The van der Waals surface area contributed by atoms with Crippen molar-refractivity contribution in [1.29, 1.82) is 0 Å². The summed E-state index contributed by atoms with van der Waals surface area (Å²) < 4.78 is 0. The number of nitrogens with one attached hydrogen (secondary N) is 2. The third kappa shape index (κ3) is 5.79. The molecule has 270 valence electrons. The first-order valence-electron chi connectivity index (χ1n) is 17.2. The molecule has 0 aliphatic carbocycles. The molecule has 9 rings (SSSR count). The summed E-state index contributed by atoms with van der Waals surface area (Å²) in [6.07, 6.45) is 14.1. The van der Waals surface area contributed by atoms with Crippen molar-refractivity contribution in [3.8, 4) is 56.0 Å². The topological polar surface area (TPSA) is 210 Å². The Labute approximate surface area is 315 Å². The average Bonchev–Trinajstić information content (AvgIpc) is 4.03. The van der Waals surface area contributed by atoms with Crippen molar-refractivity contribution in [1.82, 2.24) is 29.9 Å². The van der Waals surface area contributed by atoms with E-state index in [0.717, 1.165) is 22.3 Å². The fourth-order valence-electron chi connectivity index (χ4n) is 7.12. The fraction of sp³-hybridized carbons (Fsp3) is 0. The Balaban J connectivity index is 1.46. The van der Waals surface area contributed by atoms with Crippen LogP contribution in [0.15, 0.2) is 110 Å². The average molecular weight is 739 g/mol. The van der Waals surface area contributed by atoms with Crippen molar-refractivity contribution in [2.24, 2.45) is 0 Å². The van der Waals surface area contributed by atoms with Crippen LogP contribution in [0.5, 0.6) is 11.5 Å². The van der Waals surface area contributed by atoms with E-state index < -0.39 is 32.7 Å². The maximum atomic E-state index is 11.6. The fourth-order valence-corrected chi connectivity index (χ4v) is 7.12. The Hall–Kier alpha value is -8.26. The van der Waals surface area contributed by atoms with Gasteiger partial charge in [0.05, 0.1) is 32.6 Å². The van der Waals surface area contributed by atoms with Crippen LogP contribution in [0.1, 0.15) is 22.8 Å². The Morgan fingerprint density at radius 3 is 1.07 bits per heavy atom. The van der Waals surface area contributed by atoms with Crippen LogP contribution in [0.25, 0.3) is 90.9 Å². The quantitative estimate of drug-likeness (QED) is 0.0938. The molecule has 0 saturated heterocycles. The minimum absolute atomic E-state index is 0.423. The van der Waals surface area contributed by atoms with Gasteiger partial charge < -0.3 is 20.2 Å². The molecule has 8 bridgehead atoms. The summed E-state index contributed by atoms with van der Waals surface area (Å²) in [5, 5.41) is 44.8. The number of aromatic nitrogens is 6. The molecule has 2 aliphatic rings. The second-order valence-corrected chi connectivity index (χ2v) is 12.9. The zero-order chi connectivity index (χ0) is 38.5. The smallest absolute Gasteiger partial charge is 0.310 e. The number of rotatable bonds is 6. The summed E-state index contributed by atoms with van der Waals surface area (Å²) >= 11 is 0. The Morgan fingerprint density at radius 1 is 0.446 bits per heavy atom. The molecule has 4 N–H and O–H groups in total. The number of aromatic amines is 2. The second-order valence-electron chi connectivity index (χ2n) is 12.9. The molecular formula is C42H26N8O6. The van der Waals surface area contributed by atoms with Crippen molar-refractivity contribution in [2.75, 3.05) is 0 Å². The van der Waals surface area contributed by atoms with Crippen LogP contribution in [0.2, 0.25) is 0 Å². The molecule has 0 amide bonds. The highest BCUT2D eigenvalue weighted by Crippen LogP contribution is 2.41. The van der Waals surface area contributed by atoms with E-state index >= 15 is 0 Å². The minimum Gasteiger partial charge on any atom is -0.502 e. The zero-order valence-corrected chi connectivity index (χ0v) is 28.9. The number of phenols is 2. The number of nitrogens with zero attached hydrogens (tertiary/aromatic N) is 6. The third-order valence-electron chi connectivity index (χ3n) is 9.61. The zero-order valence-electron chi connectivity index (χ0n) is 28.9. The number of hydrogen-bond donors (Lipinski definition) is 4. The van der Waals surface area contributed by atoms with Gasteiger partial charge in [0.2, 0.25) is 0 Å². The van der Waals surface area contributed by atoms with Gasteiger partial charge in [-0.3, -0.25) is 30.2 Å². The van der Waals surface area contributed by atoms with Crippen molar-refractivity contribution in [3.05, 3.63) is 153 Å². The molecule has 0 saturated carbocycles. The van der Waals surface area contributed by atoms with Gasteiger partial charge in [-0.25, -0.2) is 9.97 Å². The molecule has 0 fully saturated rings. The predicted molar refractivity (Wildman–Crippen MR) is 213 cm³/mol. The monoisotopic (exact) mass is 738 g/mol. The maximum Gasteiger partial charge on any atom is 0.310 e. The van der Waals surface area contributed by atoms with Crippen molar-refractivity contribution in [2.45, 2.75) is 0 Å². The first-order valence-corrected chi connectivity index (χ1v) is 17.2. The Bertz CT molecular complexity index is 2800. The second kappa shape index (κ2) is 13.3. The highest BCUT2D eigenvalue weighted by atomic mass is 16.6. The van der Waals surface area contributed by atoms with Gasteiger partial charge >= 0.3 is 11.4 Å². The van der Waals surface area contributed by atoms with E-state index in [4.69, 9.17) is 9.97 Å². The van der Waals surface area contributed by atoms with E-state index in [2.05, 4.69) is 19.9 Å². The first-order chi connectivity index (χ1) is 27.2. The van der Waals surface area contributed by atoms with E-state index in [1.165, 1.54) is 24.3 Å². The number of H-pyrrole nitrogens is 2. The lowest BCUT2D eigenvalue weighted by Gasteiger charge is -2.07. The summed E-state index contributed by atoms with van der Waals surface area (Å²) in [6, 6.07) is 23.4. The summed E-state index contributed by atoms with van der Waals surface area (Å²) in [6.45, 7) is 0. The van der Waals surface area contributed by atoms with E-state index in [0.29, 0.717) is 67.1 Å². The molecule has 7 aromatic rings. The first kappa shape index (κ1) is 33.6. The lowest BCUT2D eigenvalue weighted by molar-refractivity contribution is -0.386. The van der Waals surface area contributed by atoms with Crippen LogP contribution >= 0.6 is 0 Å². The molecule has 14 heteroatoms. The molecule has 0 spiro atoms.